The summed E-state index contributed by atoms with van der Waals surface area (Å²) in [7, 11) is 1.70. The van der Waals surface area contributed by atoms with Crippen LogP contribution in [0.1, 0.15) is 35.4 Å². The fourth-order valence-electron chi connectivity index (χ4n) is 5.98. The minimum Gasteiger partial charge on any atom is -0.496 e. The van der Waals surface area contributed by atoms with Crippen LogP contribution in [0.3, 0.4) is 0 Å². The number of piperazine rings is 1. The zero-order valence-electron chi connectivity index (χ0n) is 20.3. The number of nitriles is 1. The van der Waals surface area contributed by atoms with Crippen molar-refractivity contribution in [2.24, 2.45) is 0 Å². The smallest absolute Gasteiger partial charge is 0.174 e. The van der Waals surface area contributed by atoms with Gasteiger partial charge in [-0.15, -0.1) is 0 Å². The Morgan fingerprint density at radius 2 is 1.60 bits per heavy atom. The van der Waals surface area contributed by atoms with E-state index in [0.29, 0.717) is 18.0 Å². The molecular weight excluding hydrogens is 434 g/mol. The number of hydrogen-bond acceptors (Lipinski definition) is 5. The Kier molecular flexibility index (Phi) is 7.32. The summed E-state index contributed by atoms with van der Waals surface area (Å²) in [5.41, 5.74) is 3.75. The van der Waals surface area contributed by atoms with Gasteiger partial charge in [0.1, 0.15) is 17.6 Å². The summed E-state index contributed by atoms with van der Waals surface area (Å²) in [4.78, 5) is 5.32. The van der Waals surface area contributed by atoms with Crippen molar-refractivity contribution in [3.05, 3.63) is 95.6 Å². The van der Waals surface area contributed by atoms with Gasteiger partial charge in [0.2, 0.25) is 0 Å². The third kappa shape index (κ3) is 5.05. The third-order valence-electron chi connectivity index (χ3n) is 7.45. The van der Waals surface area contributed by atoms with E-state index in [9.17, 15) is 0 Å². The van der Waals surface area contributed by atoms with Gasteiger partial charge in [0.05, 0.1) is 12.7 Å². The Labute approximate surface area is 208 Å². The molecule has 180 valence electrons. The zero-order chi connectivity index (χ0) is 24.0. The Hall–Kier alpha value is -3.33. The number of fused-ring (bicyclic) bond motifs is 1. The summed E-state index contributed by atoms with van der Waals surface area (Å²) in [5, 5.41) is 9.06. The molecule has 5 heteroatoms. The minimum atomic E-state index is 0.0310. The number of hydrogen-bond donors (Lipinski definition) is 0. The summed E-state index contributed by atoms with van der Waals surface area (Å²) in [6, 6.07) is 30.8. The summed E-state index contributed by atoms with van der Waals surface area (Å²) >= 11 is 0. The number of rotatable bonds is 8. The average Bonchev–Trinajstić information content (AvgIpc) is 3.38. The number of nitrogens with zero attached hydrogens (tertiary/aromatic N) is 3. The van der Waals surface area contributed by atoms with Crippen molar-refractivity contribution in [2.45, 2.75) is 37.4 Å². The van der Waals surface area contributed by atoms with E-state index in [-0.39, 0.29) is 6.61 Å². The standard InChI is InChI=1S/C30H33N3O2/c1-34-28-15-8-16-29(35-19-17-31)26(28)21-32-20-25-14-9-18-33(25)27(22-32)30(23-10-4-2-5-11-23)24-12-6-3-7-13-24/h2-8,10-13,15-16,25,27,30H,9,14,18-22H2,1H3/t25-,27?/m0/s1. The largest absolute Gasteiger partial charge is 0.496 e. The van der Waals surface area contributed by atoms with Gasteiger partial charge in [-0.1, -0.05) is 66.7 Å². The molecule has 1 unspecified atom stereocenters. The predicted octanol–water partition coefficient (Wildman–Crippen LogP) is 5.08. The quantitative estimate of drug-likeness (QED) is 0.463. The van der Waals surface area contributed by atoms with Crippen LogP contribution in [0.25, 0.3) is 0 Å². The first kappa shape index (κ1) is 23.4. The number of ether oxygens (including phenoxy) is 2. The average molecular weight is 468 g/mol. The van der Waals surface area contributed by atoms with Gasteiger partial charge in [0.25, 0.3) is 0 Å². The highest BCUT2D eigenvalue weighted by atomic mass is 16.5. The van der Waals surface area contributed by atoms with Crippen molar-refractivity contribution in [1.82, 2.24) is 9.80 Å². The molecule has 3 aromatic rings. The molecule has 2 atom stereocenters. The van der Waals surface area contributed by atoms with E-state index in [1.54, 1.807) is 7.11 Å². The maximum atomic E-state index is 9.06. The van der Waals surface area contributed by atoms with Crippen LogP contribution >= 0.6 is 0 Å². The maximum absolute atomic E-state index is 9.06. The molecule has 0 N–H and O–H groups in total. The van der Waals surface area contributed by atoms with Gasteiger partial charge in [-0.25, -0.2) is 0 Å². The molecule has 2 heterocycles. The molecule has 3 aromatic carbocycles. The maximum Gasteiger partial charge on any atom is 0.174 e. The van der Waals surface area contributed by atoms with Gasteiger partial charge in [0.15, 0.2) is 6.61 Å². The van der Waals surface area contributed by atoms with E-state index in [0.717, 1.165) is 43.2 Å². The molecule has 0 bridgehead atoms. The van der Waals surface area contributed by atoms with E-state index >= 15 is 0 Å². The fourth-order valence-corrected chi connectivity index (χ4v) is 5.98. The van der Waals surface area contributed by atoms with Gasteiger partial charge in [-0.2, -0.15) is 5.26 Å². The first-order chi connectivity index (χ1) is 17.3. The second-order valence-electron chi connectivity index (χ2n) is 9.48. The topological polar surface area (TPSA) is 48.7 Å². The number of benzene rings is 3. The molecule has 0 aromatic heterocycles. The molecule has 2 aliphatic heterocycles. The minimum absolute atomic E-state index is 0.0310. The lowest BCUT2D eigenvalue weighted by molar-refractivity contribution is 0.0376. The highest BCUT2D eigenvalue weighted by Crippen LogP contribution is 2.39. The van der Waals surface area contributed by atoms with Crippen LogP contribution in [0, 0.1) is 11.3 Å². The van der Waals surface area contributed by atoms with E-state index in [1.807, 2.05) is 18.2 Å². The van der Waals surface area contributed by atoms with Crippen molar-refractivity contribution in [3.8, 4) is 17.6 Å². The van der Waals surface area contributed by atoms with Crippen molar-refractivity contribution >= 4 is 0 Å². The van der Waals surface area contributed by atoms with Crippen molar-refractivity contribution < 1.29 is 9.47 Å². The van der Waals surface area contributed by atoms with Crippen LogP contribution in [-0.2, 0) is 6.54 Å². The van der Waals surface area contributed by atoms with E-state index in [1.165, 1.54) is 24.0 Å². The van der Waals surface area contributed by atoms with E-state index in [4.69, 9.17) is 14.7 Å². The van der Waals surface area contributed by atoms with Crippen LogP contribution in [0.5, 0.6) is 11.5 Å². The Morgan fingerprint density at radius 1 is 0.914 bits per heavy atom. The summed E-state index contributed by atoms with van der Waals surface area (Å²) in [6.07, 6.45) is 2.48. The molecule has 0 radical (unpaired) electrons. The van der Waals surface area contributed by atoms with Crippen LogP contribution in [0.15, 0.2) is 78.9 Å². The highest BCUT2D eigenvalue weighted by molar-refractivity contribution is 5.45. The van der Waals surface area contributed by atoms with Crippen LogP contribution in [0.4, 0.5) is 0 Å². The first-order valence-corrected chi connectivity index (χ1v) is 12.5. The van der Waals surface area contributed by atoms with Gasteiger partial charge < -0.3 is 9.47 Å². The highest BCUT2D eigenvalue weighted by Gasteiger charge is 2.42. The first-order valence-electron chi connectivity index (χ1n) is 12.5. The second-order valence-corrected chi connectivity index (χ2v) is 9.48. The van der Waals surface area contributed by atoms with Crippen molar-refractivity contribution in [3.63, 3.8) is 0 Å². The van der Waals surface area contributed by atoms with Crippen LogP contribution in [-0.4, -0.2) is 55.2 Å². The third-order valence-corrected chi connectivity index (χ3v) is 7.45. The molecule has 0 amide bonds. The molecule has 2 fully saturated rings. The molecule has 5 nitrogen and oxygen atoms in total. The predicted molar refractivity (Wildman–Crippen MR) is 138 cm³/mol. The van der Waals surface area contributed by atoms with Gasteiger partial charge >= 0.3 is 0 Å². The summed E-state index contributed by atoms with van der Waals surface area (Å²) < 4.78 is 11.5. The van der Waals surface area contributed by atoms with E-state index in [2.05, 4.69) is 76.5 Å². The van der Waals surface area contributed by atoms with Gasteiger partial charge in [0, 0.05) is 37.6 Å². The van der Waals surface area contributed by atoms with Gasteiger partial charge in [-0.3, -0.25) is 9.80 Å². The normalized spacial score (nSPS) is 20.4. The van der Waals surface area contributed by atoms with Crippen LogP contribution < -0.4 is 9.47 Å². The molecule has 5 rings (SSSR count). The fraction of sp³-hybridized carbons (Fsp3) is 0.367. The molecule has 0 saturated carbocycles. The van der Waals surface area contributed by atoms with E-state index < -0.39 is 0 Å². The zero-order valence-corrected chi connectivity index (χ0v) is 20.3. The molecule has 2 aliphatic rings. The van der Waals surface area contributed by atoms with Gasteiger partial charge in [-0.05, 0) is 42.6 Å². The lowest BCUT2D eigenvalue weighted by Gasteiger charge is -2.47. The Balaban J connectivity index is 1.49. The molecule has 2 saturated heterocycles. The molecule has 0 spiro atoms. The van der Waals surface area contributed by atoms with Crippen molar-refractivity contribution in [2.75, 3.05) is 33.4 Å². The number of methoxy groups -OCH3 is 1. The SMILES string of the molecule is COc1cccc(OCC#N)c1CN1CC(C(c2ccccc2)c2ccccc2)N2CCC[C@H]2C1. The molecule has 35 heavy (non-hydrogen) atoms. The van der Waals surface area contributed by atoms with Crippen LogP contribution in [0.2, 0.25) is 0 Å². The second kappa shape index (κ2) is 10.9. The summed E-state index contributed by atoms with van der Waals surface area (Å²) in [5.74, 6) is 1.85. The molecular formula is C30H33N3O2. The van der Waals surface area contributed by atoms with Crippen molar-refractivity contribution in [1.29, 1.82) is 5.26 Å². The molecule has 0 aliphatic carbocycles. The Morgan fingerprint density at radius 3 is 2.26 bits per heavy atom. The monoisotopic (exact) mass is 467 g/mol. The lowest BCUT2D eigenvalue weighted by Crippen LogP contribution is -2.57. The Bertz CT molecular complexity index is 1110. The summed E-state index contributed by atoms with van der Waals surface area (Å²) in [6.45, 7) is 3.92. The lowest BCUT2D eigenvalue weighted by atomic mass is 9.82.